The maximum absolute atomic E-state index is 12.8. The molecule has 1 aromatic carbocycles. The van der Waals surface area contributed by atoms with E-state index in [-0.39, 0.29) is 11.8 Å². The SMILES string of the molecule is CN(C(=O)C1CCN(Cc2cnc3ccccn23)CC1)c1ccccc1. The number of aromatic nitrogens is 2. The molecule has 0 saturated carbocycles. The smallest absolute Gasteiger partial charge is 0.229 e. The summed E-state index contributed by atoms with van der Waals surface area (Å²) in [6.45, 7) is 2.76. The fourth-order valence-electron chi connectivity index (χ4n) is 3.72. The third kappa shape index (κ3) is 3.35. The van der Waals surface area contributed by atoms with E-state index in [1.165, 1.54) is 5.69 Å². The van der Waals surface area contributed by atoms with Crippen LogP contribution in [0.2, 0.25) is 0 Å². The Bertz CT molecular complexity index is 881. The number of para-hydroxylation sites is 1. The Labute approximate surface area is 153 Å². The first kappa shape index (κ1) is 16.8. The number of carbonyl (C=O) groups excluding carboxylic acids is 1. The minimum Gasteiger partial charge on any atom is -0.315 e. The highest BCUT2D eigenvalue weighted by Crippen LogP contribution is 2.23. The molecule has 0 atom stereocenters. The molecule has 0 bridgehead atoms. The van der Waals surface area contributed by atoms with Crippen LogP contribution in [0.15, 0.2) is 60.9 Å². The highest BCUT2D eigenvalue weighted by Gasteiger charge is 2.28. The van der Waals surface area contributed by atoms with Crippen molar-refractivity contribution >= 4 is 17.2 Å². The maximum Gasteiger partial charge on any atom is 0.229 e. The number of piperidine rings is 1. The Morgan fingerprint density at radius 1 is 1.12 bits per heavy atom. The van der Waals surface area contributed by atoms with Crippen molar-refractivity contribution in [3.8, 4) is 0 Å². The molecular weight excluding hydrogens is 324 g/mol. The maximum atomic E-state index is 12.8. The molecule has 0 spiro atoms. The van der Waals surface area contributed by atoms with Gasteiger partial charge in [0.1, 0.15) is 5.65 Å². The largest absolute Gasteiger partial charge is 0.315 e. The number of rotatable bonds is 4. The highest BCUT2D eigenvalue weighted by atomic mass is 16.2. The Kier molecular flexibility index (Phi) is 4.71. The van der Waals surface area contributed by atoms with Crippen molar-refractivity contribution in [2.45, 2.75) is 19.4 Å². The molecule has 2 aromatic heterocycles. The summed E-state index contributed by atoms with van der Waals surface area (Å²) in [5, 5.41) is 0. The lowest BCUT2D eigenvalue weighted by Gasteiger charge is -2.33. The Morgan fingerprint density at radius 3 is 2.62 bits per heavy atom. The van der Waals surface area contributed by atoms with E-state index in [1.54, 1.807) is 4.90 Å². The van der Waals surface area contributed by atoms with Gasteiger partial charge in [-0.3, -0.25) is 9.69 Å². The molecule has 5 heteroatoms. The number of pyridine rings is 1. The molecule has 26 heavy (non-hydrogen) atoms. The van der Waals surface area contributed by atoms with Crippen LogP contribution >= 0.6 is 0 Å². The fourth-order valence-corrected chi connectivity index (χ4v) is 3.72. The minimum absolute atomic E-state index is 0.110. The van der Waals surface area contributed by atoms with Crippen LogP contribution in [0.4, 0.5) is 5.69 Å². The molecular formula is C21H24N4O. The second-order valence-electron chi connectivity index (χ2n) is 6.96. The Balaban J connectivity index is 1.36. The molecule has 1 fully saturated rings. The van der Waals surface area contributed by atoms with Gasteiger partial charge < -0.3 is 9.30 Å². The first-order chi connectivity index (χ1) is 12.7. The summed E-state index contributed by atoms with van der Waals surface area (Å²) in [7, 11) is 1.88. The van der Waals surface area contributed by atoms with Gasteiger partial charge in [0.15, 0.2) is 0 Å². The quantitative estimate of drug-likeness (QED) is 0.727. The van der Waals surface area contributed by atoms with Crippen molar-refractivity contribution in [1.29, 1.82) is 0 Å². The summed E-state index contributed by atoms with van der Waals surface area (Å²) in [4.78, 5) is 21.5. The van der Waals surface area contributed by atoms with Gasteiger partial charge in [-0.05, 0) is 50.2 Å². The van der Waals surface area contributed by atoms with E-state index in [0.29, 0.717) is 0 Å². The van der Waals surface area contributed by atoms with Gasteiger partial charge in [-0.1, -0.05) is 24.3 Å². The van der Waals surface area contributed by atoms with Crippen LogP contribution in [0, 0.1) is 5.92 Å². The molecule has 0 aliphatic carbocycles. The van der Waals surface area contributed by atoms with Gasteiger partial charge in [-0.25, -0.2) is 4.98 Å². The average Bonchev–Trinajstić information content (AvgIpc) is 3.11. The molecule has 0 unspecified atom stereocenters. The number of hydrogen-bond donors (Lipinski definition) is 0. The van der Waals surface area contributed by atoms with Crippen molar-refractivity contribution in [1.82, 2.24) is 14.3 Å². The number of fused-ring (bicyclic) bond motifs is 1. The summed E-state index contributed by atoms with van der Waals surface area (Å²) in [6.07, 6.45) is 5.83. The second-order valence-corrected chi connectivity index (χ2v) is 6.96. The van der Waals surface area contributed by atoms with E-state index in [1.807, 2.05) is 61.8 Å². The zero-order valence-corrected chi connectivity index (χ0v) is 15.1. The zero-order valence-electron chi connectivity index (χ0n) is 15.1. The molecule has 0 N–H and O–H groups in total. The lowest BCUT2D eigenvalue weighted by Crippen LogP contribution is -2.41. The van der Waals surface area contributed by atoms with Gasteiger partial charge in [-0.2, -0.15) is 0 Å². The number of anilines is 1. The molecule has 1 saturated heterocycles. The van der Waals surface area contributed by atoms with E-state index in [4.69, 9.17) is 0 Å². The monoisotopic (exact) mass is 348 g/mol. The minimum atomic E-state index is 0.110. The predicted octanol–water partition coefficient (Wildman–Crippen LogP) is 3.21. The molecule has 5 nitrogen and oxygen atoms in total. The van der Waals surface area contributed by atoms with Crippen LogP contribution < -0.4 is 4.90 Å². The van der Waals surface area contributed by atoms with E-state index >= 15 is 0 Å². The van der Waals surface area contributed by atoms with Crippen molar-refractivity contribution in [3.63, 3.8) is 0 Å². The molecule has 0 radical (unpaired) electrons. The van der Waals surface area contributed by atoms with Crippen LogP contribution in [-0.4, -0.2) is 40.3 Å². The van der Waals surface area contributed by atoms with Crippen LogP contribution in [-0.2, 0) is 11.3 Å². The van der Waals surface area contributed by atoms with Gasteiger partial charge in [0.2, 0.25) is 5.91 Å². The first-order valence-corrected chi connectivity index (χ1v) is 9.18. The third-order valence-electron chi connectivity index (χ3n) is 5.29. The van der Waals surface area contributed by atoms with Crippen molar-refractivity contribution in [3.05, 3.63) is 66.6 Å². The van der Waals surface area contributed by atoms with Crippen LogP contribution in [0.1, 0.15) is 18.5 Å². The number of nitrogens with zero attached hydrogens (tertiary/aromatic N) is 4. The molecule has 1 aliphatic heterocycles. The average molecular weight is 348 g/mol. The normalized spacial score (nSPS) is 16.0. The highest BCUT2D eigenvalue weighted by molar-refractivity contribution is 5.94. The lowest BCUT2D eigenvalue weighted by atomic mass is 9.95. The topological polar surface area (TPSA) is 40.9 Å². The van der Waals surface area contributed by atoms with Crippen molar-refractivity contribution in [2.24, 2.45) is 5.92 Å². The summed E-state index contributed by atoms with van der Waals surface area (Å²) < 4.78 is 2.14. The van der Waals surface area contributed by atoms with Crippen LogP contribution in [0.25, 0.3) is 5.65 Å². The fraction of sp³-hybridized carbons (Fsp3) is 0.333. The molecule has 3 aromatic rings. The summed E-state index contributed by atoms with van der Waals surface area (Å²) in [5.74, 6) is 0.337. The summed E-state index contributed by atoms with van der Waals surface area (Å²) in [6, 6.07) is 15.9. The van der Waals surface area contributed by atoms with Crippen LogP contribution in [0.5, 0.6) is 0 Å². The second kappa shape index (κ2) is 7.30. The van der Waals surface area contributed by atoms with Gasteiger partial charge >= 0.3 is 0 Å². The number of carbonyl (C=O) groups is 1. The third-order valence-corrected chi connectivity index (χ3v) is 5.29. The van der Waals surface area contributed by atoms with Gasteiger partial charge in [0, 0.05) is 31.4 Å². The molecule has 4 rings (SSSR count). The van der Waals surface area contributed by atoms with Crippen molar-refractivity contribution in [2.75, 3.05) is 25.0 Å². The summed E-state index contributed by atoms with van der Waals surface area (Å²) in [5.41, 5.74) is 3.15. The van der Waals surface area contributed by atoms with E-state index < -0.39 is 0 Å². The lowest BCUT2D eigenvalue weighted by molar-refractivity contribution is -0.123. The van der Waals surface area contributed by atoms with Gasteiger partial charge in [-0.15, -0.1) is 0 Å². The number of amides is 1. The first-order valence-electron chi connectivity index (χ1n) is 9.18. The molecule has 3 heterocycles. The number of benzene rings is 1. The van der Waals surface area contributed by atoms with Crippen molar-refractivity contribution < 1.29 is 4.79 Å². The van der Waals surface area contributed by atoms with Gasteiger partial charge in [0.05, 0.1) is 11.9 Å². The number of hydrogen-bond acceptors (Lipinski definition) is 3. The van der Waals surface area contributed by atoms with E-state index in [2.05, 4.69) is 20.5 Å². The van der Waals surface area contributed by atoms with E-state index in [9.17, 15) is 4.79 Å². The Morgan fingerprint density at radius 2 is 1.85 bits per heavy atom. The Hall–Kier alpha value is -2.66. The van der Waals surface area contributed by atoms with Gasteiger partial charge in [0.25, 0.3) is 0 Å². The van der Waals surface area contributed by atoms with Crippen LogP contribution in [0.3, 0.4) is 0 Å². The molecule has 1 amide bonds. The summed E-state index contributed by atoms with van der Waals surface area (Å²) >= 11 is 0. The molecule has 1 aliphatic rings. The standard InChI is InChI=1S/C21H24N4O/c1-23(18-7-3-2-4-8-18)21(26)17-10-13-24(14-11-17)16-19-15-22-20-9-5-6-12-25(19)20/h2-9,12,15,17H,10-11,13-14,16H2,1H3. The molecule has 134 valence electrons. The van der Waals surface area contributed by atoms with E-state index in [0.717, 1.165) is 43.8 Å². The predicted molar refractivity (Wildman–Crippen MR) is 103 cm³/mol. The zero-order chi connectivity index (χ0) is 17.9. The number of imidazole rings is 1. The number of likely N-dealkylation sites (tertiary alicyclic amines) is 1.